The number of benzene rings is 1. The van der Waals surface area contributed by atoms with E-state index in [1.165, 1.54) is 20.2 Å². The molecule has 0 radical (unpaired) electrons. The summed E-state index contributed by atoms with van der Waals surface area (Å²) >= 11 is 3.23. The number of hydrogen-bond donors (Lipinski definition) is 1. The van der Waals surface area contributed by atoms with Gasteiger partial charge in [0.05, 0.1) is 18.1 Å². The molecule has 9 heteroatoms. The molecule has 0 spiro atoms. The van der Waals surface area contributed by atoms with Gasteiger partial charge in [-0.1, -0.05) is 0 Å². The molecule has 0 saturated carbocycles. The molecular formula is C15H22BrN3O4S. The summed E-state index contributed by atoms with van der Waals surface area (Å²) in [4.78, 5) is 14.6. The predicted octanol–water partition coefficient (Wildman–Crippen LogP) is 0.761. The summed E-state index contributed by atoms with van der Waals surface area (Å²) in [6.07, 6.45) is 0. The van der Waals surface area contributed by atoms with Crippen molar-refractivity contribution in [3.8, 4) is 0 Å². The van der Waals surface area contributed by atoms with Gasteiger partial charge >= 0.3 is 0 Å². The minimum atomic E-state index is -3.62. The number of morpholine rings is 1. The average molecular weight is 420 g/mol. The Morgan fingerprint density at radius 2 is 2.00 bits per heavy atom. The van der Waals surface area contributed by atoms with Crippen LogP contribution in [0.1, 0.15) is 10.4 Å². The third-order valence-electron chi connectivity index (χ3n) is 3.77. The minimum Gasteiger partial charge on any atom is -0.379 e. The van der Waals surface area contributed by atoms with Gasteiger partial charge in [-0.2, -0.15) is 0 Å². The van der Waals surface area contributed by atoms with E-state index in [9.17, 15) is 13.2 Å². The van der Waals surface area contributed by atoms with Crippen LogP contribution in [0.2, 0.25) is 0 Å². The molecule has 134 valence electrons. The minimum absolute atomic E-state index is 0.0772. The summed E-state index contributed by atoms with van der Waals surface area (Å²) in [5, 5.41) is 2.83. The SMILES string of the molecule is CN(C)S(=O)(=O)c1cc(C(=O)NCCN2CCOCC2)ccc1Br. The number of hydrogen-bond acceptors (Lipinski definition) is 5. The van der Waals surface area contributed by atoms with Crippen molar-refractivity contribution in [3.63, 3.8) is 0 Å². The lowest BCUT2D eigenvalue weighted by Crippen LogP contribution is -2.41. The predicted molar refractivity (Wildman–Crippen MR) is 94.6 cm³/mol. The van der Waals surface area contributed by atoms with Crippen LogP contribution in [0.25, 0.3) is 0 Å². The summed E-state index contributed by atoms with van der Waals surface area (Å²) < 4.78 is 31.4. The van der Waals surface area contributed by atoms with E-state index < -0.39 is 10.0 Å². The van der Waals surface area contributed by atoms with E-state index in [0.717, 1.165) is 23.9 Å². The first-order chi connectivity index (χ1) is 11.3. The van der Waals surface area contributed by atoms with Crippen molar-refractivity contribution in [1.82, 2.24) is 14.5 Å². The van der Waals surface area contributed by atoms with E-state index in [0.29, 0.717) is 29.8 Å². The van der Waals surface area contributed by atoms with Gasteiger partial charge in [-0.3, -0.25) is 9.69 Å². The highest BCUT2D eigenvalue weighted by molar-refractivity contribution is 9.10. The topological polar surface area (TPSA) is 79.0 Å². The fourth-order valence-electron chi connectivity index (χ4n) is 2.29. The first-order valence-corrected chi connectivity index (χ1v) is 9.86. The van der Waals surface area contributed by atoms with Crippen molar-refractivity contribution in [2.45, 2.75) is 4.90 Å². The van der Waals surface area contributed by atoms with Crippen LogP contribution >= 0.6 is 15.9 Å². The first kappa shape index (κ1) is 19.3. The lowest BCUT2D eigenvalue weighted by molar-refractivity contribution is 0.0383. The van der Waals surface area contributed by atoms with E-state index in [-0.39, 0.29) is 10.8 Å². The van der Waals surface area contributed by atoms with E-state index >= 15 is 0 Å². The van der Waals surface area contributed by atoms with E-state index in [1.54, 1.807) is 12.1 Å². The van der Waals surface area contributed by atoms with Crippen molar-refractivity contribution in [1.29, 1.82) is 0 Å². The Hall–Kier alpha value is -1.00. The summed E-state index contributed by atoms with van der Waals surface area (Å²) in [7, 11) is -0.706. The molecule has 1 amide bonds. The largest absolute Gasteiger partial charge is 0.379 e. The Bertz CT molecular complexity index is 688. The van der Waals surface area contributed by atoms with Crippen molar-refractivity contribution < 1.29 is 17.9 Å². The van der Waals surface area contributed by atoms with Crippen molar-refractivity contribution in [3.05, 3.63) is 28.2 Å². The summed E-state index contributed by atoms with van der Waals surface area (Å²) in [5.41, 5.74) is 0.320. The molecule has 0 unspecified atom stereocenters. The highest BCUT2D eigenvalue weighted by atomic mass is 79.9. The molecule has 1 aliphatic heterocycles. The molecule has 0 aromatic heterocycles. The Morgan fingerprint density at radius 3 is 2.62 bits per heavy atom. The molecule has 1 heterocycles. The number of nitrogens with one attached hydrogen (secondary N) is 1. The highest BCUT2D eigenvalue weighted by Crippen LogP contribution is 2.25. The van der Waals surface area contributed by atoms with Crippen LogP contribution in [0.4, 0.5) is 0 Å². The standard InChI is InChI=1S/C15H22BrN3O4S/c1-18(2)24(21,22)14-11-12(3-4-13(14)16)15(20)17-5-6-19-7-9-23-10-8-19/h3-4,11H,5-10H2,1-2H3,(H,17,20). The smallest absolute Gasteiger partial charge is 0.251 e. The number of sulfonamides is 1. The zero-order chi connectivity index (χ0) is 17.7. The molecule has 0 aliphatic carbocycles. The second kappa shape index (κ2) is 8.39. The first-order valence-electron chi connectivity index (χ1n) is 7.63. The molecule has 1 aromatic carbocycles. The van der Waals surface area contributed by atoms with Crippen LogP contribution < -0.4 is 5.32 Å². The fourth-order valence-corrected chi connectivity index (χ4v) is 4.14. The second-order valence-electron chi connectivity index (χ2n) is 5.64. The number of rotatable bonds is 6. The molecule has 1 saturated heterocycles. The molecule has 1 aromatic rings. The third-order valence-corrected chi connectivity index (χ3v) is 6.58. The van der Waals surface area contributed by atoms with Crippen LogP contribution in [0.3, 0.4) is 0 Å². The Morgan fingerprint density at radius 1 is 1.33 bits per heavy atom. The summed E-state index contributed by atoms with van der Waals surface area (Å²) in [6.45, 7) is 4.40. The van der Waals surface area contributed by atoms with Crippen molar-refractivity contribution in [2.75, 3.05) is 53.5 Å². The van der Waals surface area contributed by atoms with Crippen molar-refractivity contribution in [2.24, 2.45) is 0 Å². The summed E-state index contributed by atoms with van der Waals surface area (Å²) in [6, 6.07) is 4.57. The zero-order valence-corrected chi connectivity index (χ0v) is 16.2. The van der Waals surface area contributed by atoms with Gasteiger partial charge in [-0.05, 0) is 34.1 Å². The van der Waals surface area contributed by atoms with Crippen LogP contribution in [0.5, 0.6) is 0 Å². The number of ether oxygens (including phenoxy) is 1. The van der Waals surface area contributed by atoms with Crippen LogP contribution in [-0.2, 0) is 14.8 Å². The molecule has 2 rings (SSSR count). The van der Waals surface area contributed by atoms with Gasteiger partial charge in [0, 0.05) is 50.3 Å². The second-order valence-corrected chi connectivity index (χ2v) is 8.62. The van der Waals surface area contributed by atoms with Gasteiger partial charge in [0.15, 0.2) is 0 Å². The van der Waals surface area contributed by atoms with Gasteiger partial charge in [0.25, 0.3) is 5.91 Å². The quantitative estimate of drug-likeness (QED) is 0.736. The zero-order valence-electron chi connectivity index (χ0n) is 13.8. The van der Waals surface area contributed by atoms with Crippen LogP contribution in [0, 0.1) is 0 Å². The maximum Gasteiger partial charge on any atom is 0.251 e. The monoisotopic (exact) mass is 419 g/mol. The molecule has 1 N–H and O–H groups in total. The average Bonchev–Trinajstić information content (AvgIpc) is 2.55. The van der Waals surface area contributed by atoms with Gasteiger partial charge in [-0.15, -0.1) is 0 Å². The molecule has 7 nitrogen and oxygen atoms in total. The van der Waals surface area contributed by atoms with Gasteiger partial charge in [0.1, 0.15) is 0 Å². The number of carbonyl (C=O) groups excluding carboxylic acids is 1. The van der Waals surface area contributed by atoms with Gasteiger partial charge in [0.2, 0.25) is 10.0 Å². The molecule has 24 heavy (non-hydrogen) atoms. The van der Waals surface area contributed by atoms with Crippen LogP contribution in [-0.4, -0.2) is 77.0 Å². The third kappa shape index (κ3) is 4.76. The van der Waals surface area contributed by atoms with Gasteiger partial charge < -0.3 is 10.1 Å². The normalized spacial score (nSPS) is 16.3. The molecule has 0 atom stereocenters. The van der Waals surface area contributed by atoms with Crippen molar-refractivity contribution >= 4 is 31.9 Å². The Balaban J connectivity index is 2.02. The van der Waals surface area contributed by atoms with E-state index in [1.807, 2.05) is 0 Å². The Labute approximate surface area is 151 Å². The molecular weight excluding hydrogens is 398 g/mol. The lowest BCUT2D eigenvalue weighted by atomic mass is 10.2. The fraction of sp³-hybridized carbons (Fsp3) is 0.533. The number of nitrogens with zero attached hydrogens (tertiary/aromatic N) is 2. The van der Waals surface area contributed by atoms with Gasteiger partial charge in [-0.25, -0.2) is 12.7 Å². The molecule has 0 bridgehead atoms. The molecule has 1 aliphatic rings. The maximum absolute atomic E-state index is 12.3. The number of carbonyl (C=O) groups is 1. The Kier molecular flexibility index (Phi) is 6.76. The number of amides is 1. The molecule has 1 fully saturated rings. The number of halogens is 1. The van der Waals surface area contributed by atoms with E-state index in [4.69, 9.17) is 4.74 Å². The lowest BCUT2D eigenvalue weighted by Gasteiger charge is -2.26. The maximum atomic E-state index is 12.3. The highest BCUT2D eigenvalue weighted by Gasteiger charge is 2.22. The van der Waals surface area contributed by atoms with E-state index in [2.05, 4.69) is 26.1 Å². The van der Waals surface area contributed by atoms with Crippen LogP contribution in [0.15, 0.2) is 27.6 Å². The summed E-state index contributed by atoms with van der Waals surface area (Å²) in [5.74, 6) is -0.286.